The molecular formula is C6H7BrN4. The highest BCUT2D eigenvalue weighted by molar-refractivity contribution is 9.10. The van der Waals surface area contributed by atoms with Crippen molar-refractivity contribution in [2.24, 2.45) is 5.83 Å². The number of hydrazine groups is 1. The van der Waals surface area contributed by atoms with Crippen molar-refractivity contribution in [2.75, 3.05) is 0 Å². The van der Waals surface area contributed by atoms with E-state index >= 15 is 0 Å². The third kappa shape index (κ3) is 1.75. The van der Waals surface area contributed by atoms with Gasteiger partial charge in [-0.3, -0.25) is 10.4 Å². The standard InChI is InChI=1S/C6H7BrN4/c7-4-2-1-3-10-5(4)6(8)11-9/h1-3H,9H2,(H2,8,11)/i1T,2T,3T/hT4. The molecule has 0 bridgehead atoms. The van der Waals surface area contributed by atoms with Gasteiger partial charge in [-0.2, -0.15) is 0 Å². The number of hydrogen-bond donors (Lipinski definition) is 3. The zero-order valence-electron chi connectivity index (χ0n) is 12.2. The van der Waals surface area contributed by atoms with Gasteiger partial charge < -0.3 is 5.42 Å². The molecule has 4 N–H and O–H groups in total. The van der Waals surface area contributed by atoms with Crippen LogP contribution in [0.15, 0.2) is 22.7 Å². The lowest BCUT2D eigenvalue weighted by atomic mass is 10.3. The van der Waals surface area contributed by atoms with Crippen LogP contribution >= 0.6 is 15.9 Å². The molecule has 0 saturated carbocycles. The summed E-state index contributed by atoms with van der Waals surface area (Å²) in [7, 11) is 0. The number of amidine groups is 1. The molecule has 0 atom stereocenters. The van der Waals surface area contributed by atoms with Gasteiger partial charge in [-0.25, -0.2) is 5.83 Å². The normalized spacial score (nSPS) is 20.5. The molecule has 0 aliphatic carbocycles. The average molecular weight is 229 g/mol. The molecule has 1 aromatic rings. The van der Waals surface area contributed by atoms with E-state index < -0.39 is 18.1 Å². The quantitative estimate of drug-likeness (QED) is 0.301. The molecule has 0 unspecified atom stereocenters. The zero-order valence-corrected chi connectivity index (χ0v) is 6.75. The van der Waals surface area contributed by atoms with Crippen molar-refractivity contribution in [1.82, 2.24) is 10.4 Å². The summed E-state index contributed by atoms with van der Waals surface area (Å²) in [6, 6.07) is -0.763. The number of rotatable bonds is 2. The van der Waals surface area contributed by atoms with E-state index in [0.29, 0.717) is 0 Å². The van der Waals surface area contributed by atoms with Gasteiger partial charge in [-0.05, 0) is 28.0 Å². The number of aromatic nitrogens is 1. The number of hydrogen-bond acceptors (Lipinski definition) is 3. The first-order chi connectivity index (χ1) is 8.31. The molecule has 0 spiro atoms. The lowest BCUT2D eigenvalue weighted by Crippen LogP contribution is -2.31. The van der Waals surface area contributed by atoms with Crippen LogP contribution in [0.25, 0.3) is 0 Å². The second-order valence-electron chi connectivity index (χ2n) is 1.56. The molecule has 0 fully saturated rings. The molecule has 0 aliphatic rings. The first-order valence-electron chi connectivity index (χ1n) is 5.82. The monoisotopic (exact) mass is 228 g/mol. The highest BCUT2D eigenvalue weighted by Gasteiger charge is 2.03. The van der Waals surface area contributed by atoms with Crippen molar-refractivity contribution in [2.45, 2.75) is 0 Å². The van der Waals surface area contributed by atoms with Crippen LogP contribution in [0.2, 0.25) is 5.65 Å². The Bertz CT molecular complexity index is 493. The summed E-state index contributed by atoms with van der Waals surface area (Å²) in [5, 5.41) is 2.96. The summed E-state index contributed by atoms with van der Waals surface area (Å²) in [6.07, 6.45) is -0.519. The Balaban J connectivity index is 3.41. The first kappa shape index (κ1) is 2.84. The van der Waals surface area contributed by atoms with E-state index in [9.17, 15) is 0 Å². The van der Waals surface area contributed by atoms with Gasteiger partial charge in [-0.1, -0.05) is 0 Å². The summed E-state index contributed by atoms with van der Waals surface area (Å²) in [5.74, 6) is -0.669. The summed E-state index contributed by atoms with van der Waals surface area (Å²) in [6.45, 7) is 0. The molecule has 1 aromatic heterocycles. The predicted molar refractivity (Wildman–Crippen MR) is 46.1 cm³/mol. The smallest absolute Gasteiger partial charge is 0.190 e. The molecular weight excluding hydrogens is 208 g/mol. The number of nitrogens with one attached hydrogen (secondary N) is 2. The molecule has 58 valence electrons. The van der Waals surface area contributed by atoms with Gasteiger partial charge in [0.1, 0.15) is 8.52 Å². The van der Waals surface area contributed by atoms with Crippen LogP contribution in [0.3, 0.4) is 0 Å². The summed E-state index contributed by atoms with van der Waals surface area (Å²) in [4.78, 5) is 3.61. The zero-order chi connectivity index (χ0) is 14.0. The Morgan fingerprint density at radius 3 is 3.82 bits per heavy atom. The van der Waals surface area contributed by atoms with E-state index in [1.54, 1.807) is 0 Å². The third-order valence-corrected chi connectivity index (χ3v) is 1.48. The first-order valence-corrected chi connectivity index (χ1v) is 3.33. The highest BCUT2D eigenvalue weighted by Crippen LogP contribution is 2.11. The van der Waals surface area contributed by atoms with Gasteiger partial charge in [0.15, 0.2) is 8.66 Å². The van der Waals surface area contributed by atoms with Crippen molar-refractivity contribution < 1.29 is 9.76 Å². The SMILES string of the molecule is [3H]N=C(c1nc([3H])c([3H])c([3H])c1Br)N([3H])N([3H])[3H]. The molecule has 0 radical (unpaired) electrons. The number of halogens is 1. The van der Waals surface area contributed by atoms with Crippen LogP contribution in [0.5, 0.6) is 0 Å². The van der Waals surface area contributed by atoms with Crippen LogP contribution in [0, 0.1) is 5.40 Å². The molecule has 0 amide bonds. The Hall–Kier alpha value is -0.940. The number of pyridine rings is 1. The Kier molecular flexibility index (Phi) is 0.890. The maximum Gasteiger partial charge on any atom is 0.190 e. The maximum atomic E-state index is 7.54. The summed E-state index contributed by atoms with van der Waals surface area (Å²) < 4.78 is 50.3. The minimum Gasteiger partial charge on any atom is -0.307 e. The van der Waals surface area contributed by atoms with E-state index in [1.165, 1.54) is 0 Å². The van der Waals surface area contributed by atoms with Crippen LogP contribution in [-0.2, 0) is 0 Å². The average Bonchev–Trinajstić information content (AvgIpc) is 2.33. The Labute approximate surface area is 82.5 Å². The fraction of sp³-hybridized carbons (Fsp3) is 0. The third-order valence-electron chi connectivity index (χ3n) is 0.910. The Morgan fingerprint density at radius 2 is 3.09 bits per heavy atom. The summed E-state index contributed by atoms with van der Waals surface area (Å²) in [5.41, 5.74) is -0.0849. The minimum absolute atomic E-state index is 0.0337. The molecule has 0 saturated heterocycles. The molecule has 0 aromatic carbocycles. The van der Waals surface area contributed by atoms with Crippen molar-refractivity contribution >= 4 is 21.8 Å². The molecule has 1 rings (SSSR count). The minimum atomic E-state index is -0.520. The number of nitrogens with zero attached hydrogens (tertiary/aromatic N) is 1. The van der Waals surface area contributed by atoms with Gasteiger partial charge in [0, 0.05) is 10.6 Å². The van der Waals surface area contributed by atoms with E-state index in [-0.39, 0.29) is 27.5 Å². The lowest BCUT2D eigenvalue weighted by molar-refractivity contribution is 0.998. The Morgan fingerprint density at radius 1 is 2.18 bits per heavy atom. The van der Waals surface area contributed by atoms with Gasteiger partial charge in [0.2, 0.25) is 0 Å². The fourth-order valence-corrected chi connectivity index (χ4v) is 0.836. The lowest BCUT2D eigenvalue weighted by Gasteiger charge is -2.02. The number of nitrogens with two attached hydrogens (primary N) is 1. The predicted octanol–water partition coefficient (Wildman–Crippen LogP) is 0.633. The van der Waals surface area contributed by atoms with Crippen molar-refractivity contribution in [1.29, 1.82) is 5.40 Å². The van der Waals surface area contributed by atoms with Crippen LogP contribution < -0.4 is 11.2 Å². The fourth-order valence-electron chi connectivity index (χ4n) is 0.470. The molecule has 0 aliphatic heterocycles. The van der Waals surface area contributed by atoms with Crippen molar-refractivity contribution in [3.05, 3.63) is 28.4 Å². The van der Waals surface area contributed by atoms with Gasteiger partial charge >= 0.3 is 0 Å². The van der Waals surface area contributed by atoms with E-state index in [2.05, 4.69) is 26.3 Å². The van der Waals surface area contributed by atoms with Gasteiger partial charge in [0.05, 0.1) is 4.11 Å². The molecule has 4 nitrogen and oxygen atoms in total. The van der Waals surface area contributed by atoms with Crippen LogP contribution in [-0.4, -0.2) is 10.8 Å². The molecule has 1 heterocycles. The largest absolute Gasteiger partial charge is 0.307 e. The topological polar surface area (TPSA) is 74.8 Å². The summed E-state index contributed by atoms with van der Waals surface area (Å²) >= 11 is 2.96. The van der Waals surface area contributed by atoms with E-state index in [4.69, 9.17) is 9.76 Å². The molecule has 11 heavy (non-hydrogen) atoms. The van der Waals surface area contributed by atoms with Crippen LogP contribution in [0.1, 0.15) is 9.81 Å². The van der Waals surface area contributed by atoms with E-state index in [1.807, 2.05) is 0 Å². The van der Waals surface area contributed by atoms with Gasteiger partial charge in [-0.15, -0.1) is 0 Å². The second-order valence-corrected chi connectivity index (χ2v) is 2.35. The van der Waals surface area contributed by atoms with E-state index in [0.717, 1.165) is 0 Å². The second kappa shape index (κ2) is 3.45. The highest BCUT2D eigenvalue weighted by atomic mass is 79.9. The van der Waals surface area contributed by atoms with Gasteiger partial charge in [0.25, 0.3) is 0 Å². The maximum absolute atomic E-state index is 7.54. The van der Waals surface area contributed by atoms with Crippen LogP contribution in [0.4, 0.5) is 0 Å². The van der Waals surface area contributed by atoms with Crippen molar-refractivity contribution in [3.63, 3.8) is 0 Å². The van der Waals surface area contributed by atoms with Crippen molar-refractivity contribution in [3.8, 4) is 0 Å². The molecule has 5 heteroatoms.